The first-order valence-corrected chi connectivity index (χ1v) is 10.3. The Balaban J connectivity index is -0.0000000383. The third-order valence-electron chi connectivity index (χ3n) is 0.496. The van der Waals surface area contributed by atoms with Crippen molar-refractivity contribution < 1.29 is 140 Å². The van der Waals surface area contributed by atoms with Gasteiger partial charge in [0.2, 0.25) is 0 Å². The molecule has 0 aromatic carbocycles. The van der Waals surface area contributed by atoms with Crippen molar-refractivity contribution in [3.8, 4) is 0 Å². The Labute approximate surface area is 200 Å². The molecule has 0 aliphatic heterocycles. The van der Waals surface area contributed by atoms with E-state index in [-0.39, 0.29) is 63.2 Å². The van der Waals surface area contributed by atoms with Crippen molar-refractivity contribution in [1.29, 1.82) is 0 Å². The molecule has 1 N–H and O–H groups in total. The zero-order chi connectivity index (χ0) is 21.5. The van der Waals surface area contributed by atoms with Crippen LogP contribution in [-0.4, -0.2) is 4.98 Å². The van der Waals surface area contributed by atoms with Crippen LogP contribution in [-0.2, 0) is 81.5 Å². The van der Waals surface area contributed by atoms with Crippen molar-refractivity contribution in [3.05, 3.63) is 24.5 Å². The van der Waals surface area contributed by atoms with E-state index in [0.717, 1.165) is 0 Å². The van der Waals surface area contributed by atoms with Crippen molar-refractivity contribution in [2.45, 2.75) is 0 Å². The molecule has 0 atom stereocenters. The van der Waals surface area contributed by atoms with Gasteiger partial charge in [0.25, 0.3) is 0 Å². The van der Waals surface area contributed by atoms with E-state index in [9.17, 15) is 0 Å². The summed E-state index contributed by atoms with van der Waals surface area (Å²) in [7, 11) is -21.6. The summed E-state index contributed by atoms with van der Waals surface area (Å²) >= 11 is 0. The Kier molecular flexibility index (Phi) is 39.8. The largest absolute Gasteiger partial charge is 0.822 e. The minimum absolute atomic E-state index is 0. The number of phosphoric acid groups is 4. The first-order chi connectivity index (χ1) is 10.5. The fourth-order valence-corrected chi connectivity index (χ4v) is 0.278. The van der Waals surface area contributed by atoms with Crippen molar-refractivity contribution >= 4 is 31.3 Å². The maximum absolute atomic E-state index is 8.55. The number of hydrogen-bond acceptors (Lipinski definition) is 16. The van der Waals surface area contributed by atoms with Gasteiger partial charge in [0.05, 0.1) is 0 Å². The van der Waals surface area contributed by atoms with E-state index in [1.54, 1.807) is 0 Å². The van der Waals surface area contributed by atoms with E-state index < -0.39 is 31.3 Å². The standard InChI is InChI=1S/C4H5N.4H3O4P.3W/c1-2-4-5-3-1;4*1-5(2,3)4;;;/h1-5H;4*(H3,1,2,3,4);;;/p-12. The van der Waals surface area contributed by atoms with Gasteiger partial charge < -0.3 is 82.0 Å². The summed E-state index contributed by atoms with van der Waals surface area (Å²) in [6.45, 7) is 0. The van der Waals surface area contributed by atoms with E-state index in [1.165, 1.54) is 0 Å². The average Bonchev–Trinajstić information content (AvgIpc) is 2.59. The van der Waals surface area contributed by atoms with Gasteiger partial charge in [-0.3, -0.25) is 0 Å². The Bertz CT molecular complexity index is 457. The summed E-state index contributed by atoms with van der Waals surface area (Å²) < 4.78 is 34.2. The average molecular weight is 998 g/mol. The Morgan fingerprint density at radius 1 is 0.429 bits per heavy atom. The number of nitrogens with one attached hydrogen (secondary N) is 1. The third-order valence-corrected chi connectivity index (χ3v) is 0.496. The van der Waals surface area contributed by atoms with Crippen LogP contribution in [0.15, 0.2) is 24.5 Å². The van der Waals surface area contributed by atoms with E-state index in [1.807, 2.05) is 24.5 Å². The first-order valence-electron chi connectivity index (χ1n) is 4.50. The number of aromatic nitrogens is 1. The second-order valence-electron chi connectivity index (χ2n) is 2.67. The number of aromatic amines is 1. The van der Waals surface area contributed by atoms with Crippen molar-refractivity contribution in [2.24, 2.45) is 0 Å². The summed E-state index contributed by atoms with van der Waals surface area (Å²) in [4.78, 5) is 105. The molecule has 0 saturated carbocycles. The summed E-state index contributed by atoms with van der Waals surface area (Å²) in [6.07, 6.45) is 3.75. The van der Waals surface area contributed by atoms with Crippen LogP contribution in [0.4, 0.5) is 0 Å². The first kappa shape index (κ1) is 47.5. The van der Waals surface area contributed by atoms with E-state index in [0.29, 0.717) is 0 Å². The zero-order valence-electron chi connectivity index (χ0n) is 12.4. The third kappa shape index (κ3) is 433. The minimum Gasteiger partial charge on any atom is -0.822 e. The smallest absolute Gasteiger partial charge is 0.000496 e. The molecule has 0 aliphatic rings. The number of hydrogen-bond donors (Lipinski definition) is 1. The Morgan fingerprint density at radius 3 is 0.571 bits per heavy atom. The van der Waals surface area contributed by atoms with Gasteiger partial charge in [-0.2, -0.15) is 31.3 Å². The molecule has 1 heterocycles. The predicted molar refractivity (Wildman–Crippen MR) is 51.2 cm³/mol. The SMILES string of the molecule is O=P([O-])([O-])[O-].O=P([O-])([O-])[O-].O=P([O-])([O-])[O-].O=P([O-])([O-])[O-].[W].[W].[W].c1cc[nH]c1. The molecule has 1 aromatic rings. The molecule has 17 nitrogen and oxygen atoms in total. The molecule has 1 aromatic heterocycles. The molecule has 0 bridgehead atoms. The zero-order valence-corrected chi connectivity index (χ0v) is 24.7. The van der Waals surface area contributed by atoms with Gasteiger partial charge in [-0.15, -0.1) is 0 Å². The summed E-state index contributed by atoms with van der Waals surface area (Å²) in [6, 6.07) is 3.89. The summed E-state index contributed by atoms with van der Waals surface area (Å²) in [5.41, 5.74) is 0. The number of rotatable bonds is 0. The van der Waals surface area contributed by atoms with Gasteiger partial charge in [-0.1, -0.05) is 0 Å². The van der Waals surface area contributed by atoms with Crippen LogP contribution in [0.2, 0.25) is 0 Å². The van der Waals surface area contributed by atoms with Crippen LogP contribution in [0.3, 0.4) is 0 Å². The molecule has 0 radical (unpaired) electrons. The van der Waals surface area contributed by atoms with Gasteiger partial charge in [-0.05, 0) is 12.1 Å². The second kappa shape index (κ2) is 23.4. The van der Waals surface area contributed by atoms with Crippen LogP contribution in [0, 0.1) is 0 Å². The molecular formula is C4H5NO16P4W3-12. The maximum atomic E-state index is 8.55. The van der Waals surface area contributed by atoms with E-state index in [2.05, 4.69) is 4.98 Å². The molecule has 0 aliphatic carbocycles. The fourth-order valence-electron chi connectivity index (χ4n) is 0.278. The molecule has 1 rings (SSSR count). The molecule has 0 spiro atoms. The van der Waals surface area contributed by atoms with Crippen LogP contribution in [0.1, 0.15) is 0 Å². The Morgan fingerprint density at radius 2 is 0.536 bits per heavy atom. The summed E-state index contributed by atoms with van der Waals surface area (Å²) in [5, 5.41) is 0. The van der Waals surface area contributed by atoms with Crippen LogP contribution < -0.4 is 58.7 Å². The van der Waals surface area contributed by atoms with E-state index >= 15 is 0 Å². The maximum Gasteiger partial charge on any atom is 0.000496 e. The minimum atomic E-state index is -5.39. The van der Waals surface area contributed by atoms with Crippen molar-refractivity contribution in [3.63, 3.8) is 0 Å². The molecule has 0 saturated heterocycles. The topological polar surface area (TPSA) is 361 Å². The van der Waals surface area contributed by atoms with Gasteiger partial charge in [0, 0.05) is 75.6 Å². The summed E-state index contributed by atoms with van der Waals surface area (Å²) in [5.74, 6) is 0. The predicted octanol–water partition coefficient (Wildman–Crippen LogP) is -10.3. The van der Waals surface area contributed by atoms with Crippen LogP contribution in [0.5, 0.6) is 0 Å². The monoisotopic (exact) mass is 999 g/mol. The molecule has 172 valence electrons. The molecule has 24 heteroatoms. The van der Waals surface area contributed by atoms with E-state index in [4.69, 9.17) is 77.0 Å². The number of H-pyrrole nitrogens is 1. The fraction of sp³-hybridized carbons (Fsp3) is 0. The van der Waals surface area contributed by atoms with Crippen molar-refractivity contribution in [2.75, 3.05) is 0 Å². The molecule has 0 fully saturated rings. The van der Waals surface area contributed by atoms with Crippen LogP contribution in [0.25, 0.3) is 0 Å². The normalized spacial score (nSPS) is 9.86. The second-order valence-corrected chi connectivity index (χ2v) is 6.25. The quantitative estimate of drug-likeness (QED) is 0.236. The Hall–Kier alpha value is 1.78. The molecule has 0 unspecified atom stereocenters. The van der Waals surface area contributed by atoms with Gasteiger partial charge in [-0.25, -0.2) is 0 Å². The van der Waals surface area contributed by atoms with Gasteiger partial charge in [0.1, 0.15) is 0 Å². The molecular weight excluding hydrogens is 993 g/mol. The molecule has 0 amide bonds. The van der Waals surface area contributed by atoms with Crippen LogP contribution >= 0.6 is 31.3 Å². The van der Waals surface area contributed by atoms with Gasteiger partial charge >= 0.3 is 0 Å². The van der Waals surface area contributed by atoms with Gasteiger partial charge in [0.15, 0.2) is 0 Å². The molecule has 28 heavy (non-hydrogen) atoms. The van der Waals surface area contributed by atoms with Crippen molar-refractivity contribution in [1.82, 2.24) is 4.98 Å².